The highest BCUT2D eigenvalue weighted by Gasteiger charge is 2.29. The van der Waals surface area contributed by atoms with Crippen LogP contribution in [0.2, 0.25) is 0 Å². The van der Waals surface area contributed by atoms with E-state index < -0.39 is 46.2 Å². The summed E-state index contributed by atoms with van der Waals surface area (Å²) in [6, 6.07) is 1.03. The highest BCUT2D eigenvalue weighted by Crippen LogP contribution is 2.33. The van der Waals surface area contributed by atoms with E-state index in [1.54, 1.807) is 27.7 Å². The van der Waals surface area contributed by atoms with Crippen molar-refractivity contribution in [2.24, 2.45) is 10.2 Å². The van der Waals surface area contributed by atoms with Crippen molar-refractivity contribution >= 4 is 17.4 Å². The van der Waals surface area contributed by atoms with Crippen LogP contribution in [0.5, 0.6) is 5.88 Å². The lowest BCUT2D eigenvalue weighted by Gasteiger charge is -2.17. The summed E-state index contributed by atoms with van der Waals surface area (Å²) in [7, 11) is 0. The number of carbonyl (C=O) groups excluding carboxylic acids is 1. The lowest BCUT2D eigenvalue weighted by molar-refractivity contribution is 0.0922. The lowest BCUT2D eigenvalue weighted by atomic mass is 9.90. The van der Waals surface area contributed by atoms with Crippen molar-refractivity contribution in [1.82, 2.24) is 18.9 Å². The van der Waals surface area contributed by atoms with Gasteiger partial charge < -0.3 is 5.11 Å². The normalized spacial score (nSPS) is 12.2. The fourth-order valence-corrected chi connectivity index (χ4v) is 3.07. The average molecular weight is 429 g/mol. The first-order valence-electron chi connectivity index (χ1n) is 9.80. The molecule has 0 radical (unpaired) electrons. The Morgan fingerprint density at radius 3 is 2.06 bits per heavy atom. The van der Waals surface area contributed by atoms with Crippen LogP contribution in [-0.2, 0) is 5.41 Å². The van der Waals surface area contributed by atoms with E-state index in [-0.39, 0.29) is 11.4 Å². The molecule has 0 bridgehead atoms. The summed E-state index contributed by atoms with van der Waals surface area (Å²) >= 11 is 0. The Morgan fingerprint density at radius 1 is 1.10 bits per heavy atom. The van der Waals surface area contributed by atoms with Gasteiger partial charge in [0.25, 0.3) is 5.56 Å². The summed E-state index contributed by atoms with van der Waals surface area (Å²) in [5.74, 6) is -1.30. The van der Waals surface area contributed by atoms with Crippen LogP contribution in [0, 0.1) is 11.3 Å². The van der Waals surface area contributed by atoms with Crippen LogP contribution in [0.15, 0.2) is 19.8 Å². The van der Waals surface area contributed by atoms with E-state index in [4.69, 9.17) is 0 Å². The van der Waals surface area contributed by atoms with E-state index in [0.29, 0.717) is 5.69 Å². The zero-order valence-corrected chi connectivity index (χ0v) is 19.0. The number of aromatic nitrogens is 4. The number of azo groups is 1. The molecule has 0 atom stereocenters. The molecule has 0 amide bonds. The maximum Gasteiger partial charge on any atom is 0.334 e. The van der Waals surface area contributed by atoms with Gasteiger partial charge in [0.2, 0.25) is 17.5 Å². The maximum absolute atomic E-state index is 12.9. The molecule has 0 aliphatic rings. The number of rotatable bonds is 4. The van der Waals surface area contributed by atoms with Crippen molar-refractivity contribution in [3.8, 4) is 11.9 Å². The zero-order chi connectivity index (χ0) is 23.8. The van der Waals surface area contributed by atoms with Crippen LogP contribution in [0.3, 0.4) is 0 Å². The van der Waals surface area contributed by atoms with Crippen LogP contribution in [0.1, 0.15) is 83.5 Å². The third-order valence-corrected chi connectivity index (χ3v) is 4.53. The van der Waals surface area contributed by atoms with E-state index in [0.717, 1.165) is 13.8 Å². The first kappa shape index (κ1) is 23.7. The highest BCUT2D eigenvalue weighted by molar-refractivity contribution is 5.80. The molecule has 2 heterocycles. The molecule has 0 aliphatic heterocycles. The van der Waals surface area contributed by atoms with Crippen LogP contribution in [0.25, 0.3) is 0 Å². The van der Waals surface area contributed by atoms with Crippen molar-refractivity contribution < 1.29 is 9.90 Å². The fraction of sp³-hybridized carbons (Fsp3) is 0.550. The van der Waals surface area contributed by atoms with E-state index >= 15 is 0 Å². The van der Waals surface area contributed by atoms with Gasteiger partial charge in [-0.05, 0) is 27.7 Å². The molecule has 0 aromatic carbocycles. The minimum absolute atomic E-state index is 0.0345. The SMILES string of the molecule is CC(=O)n1nc(C(C)(C)C)c(C#N)c1N=Nc1c(O)n(C(C)C)c(=O)n(C(C)C)c1=O. The summed E-state index contributed by atoms with van der Waals surface area (Å²) in [4.78, 5) is 37.6. The van der Waals surface area contributed by atoms with E-state index in [9.17, 15) is 24.8 Å². The smallest absolute Gasteiger partial charge is 0.334 e. The van der Waals surface area contributed by atoms with Crippen molar-refractivity contribution in [2.75, 3.05) is 0 Å². The molecule has 0 unspecified atom stereocenters. The second-order valence-electron chi connectivity index (χ2n) is 8.73. The van der Waals surface area contributed by atoms with Crippen LogP contribution in [0.4, 0.5) is 11.5 Å². The molecule has 166 valence electrons. The van der Waals surface area contributed by atoms with Gasteiger partial charge in [0.05, 0.1) is 5.69 Å². The van der Waals surface area contributed by atoms with Gasteiger partial charge in [-0.3, -0.25) is 18.7 Å². The molecule has 0 saturated heterocycles. The van der Waals surface area contributed by atoms with E-state index in [2.05, 4.69) is 15.3 Å². The number of carbonyl (C=O) groups is 1. The Morgan fingerprint density at radius 2 is 1.65 bits per heavy atom. The molecule has 1 N–H and O–H groups in total. The average Bonchev–Trinajstić information content (AvgIpc) is 2.99. The third-order valence-electron chi connectivity index (χ3n) is 4.53. The second kappa shape index (κ2) is 8.29. The predicted octanol–water partition coefficient (Wildman–Crippen LogP) is 3.32. The Kier molecular flexibility index (Phi) is 6.35. The topological polar surface area (TPSA) is 148 Å². The molecule has 2 rings (SSSR count). The molecule has 0 fully saturated rings. The Bertz CT molecular complexity index is 1210. The lowest BCUT2D eigenvalue weighted by Crippen LogP contribution is -2.41. The van der Waals surface area contributed by atoms with Crippen LogP contribution in [-0.4, -0.2) is 29.9 Å². The number of nitrogens with zero attached hydrogens (tertiary/aromatic N) is 7. The summed E-state index contributed by atoms with van der Waals surface area (Å²) < 4.78 is 2.92. The third kappa shape index (κ3) is 4.19. The Hall–Kier alpha value is -3.55. The Balaban J connectivity index is 2.88. The molecule has 2 aromatic heterocycles. The largest absolute Gasteiger partial charge is 0.493 e. The number of nitriles is 1. The van der Waals surface area contributed by atoms with Crippen molar-refractivity contribution in [3.05, 3.63) is 32.1 Å². The summed E-state index contributed by atoms with van der Waals surface area (Å²) in [5.41, 5.74) is -2.16. The molecule has 0 saturated carbocycles. The van der Waals surface area contributed by atoms with E-state index in [1.165, 1.54) is 6.92 Å². The molecule has 0 aliphatic carbocycles. The van der Waals surface area contributed by atoms with Crippen molar-refractivity contribution in [1.29, 1.82) is 5.26 Å². The number of hydrogen-bond donors (Lipinski definition) is 1. The minimum atomic E-state index is -0.832. The van der Waals surface area contributed by atoms with Gasteiger partial charge in [-0.2, -0.15) is 15.0 Å². The predicted molar refractivity (Wildman–Crippen MR) is 114 cm³/mol. The minimum Gasteiger partial charge on any atom is -0.493 e. The van der Waals surface area contributed by atoms with Crippen molar-refractivity contribution in [2.45, 2.75) is 72.9 Å². The standard InChI is InChI=1S/C20H27N7O4/c1-10(2)25-17(29)14(18(30)26(11(3)4)19(25)31)22-23-16-13(9-21)15(20(6,7)8)24-27(16)12(5)28/h10-11,29H,1-8H3. The van der Waals surface area contributed by atoms with Gasteiger partial charge in [0.15, 0.2) is 5.82 Å². The summed E-state index contributed by atoms with van der Waals surface area (Å²) in [5, 5.41) is 32.3. The molecule has 11 heteroatoms. The number of aromatic hydroxyl groups is 1. The monoisotopic (exact) mass is 429 g/mol. The second-order valence-corrected chi connectivity index (χ2v) is 8.73. The fourth-order valence-electron chi connectivity index (χ4n) is 3.07. The van der Waals surface area contributed by atoms with Gasteiger partial charge in [0, 0.05) is 24.4 Å². The molecular weight excluding hydrogens is 402 g/mol. The molecular formula is C20H27N7O4. The van der Waals surface area contributed by atoms with Crippen LogP contribution >= 0.6 is 0 Å². The van der Waals surface area contributed by atoms with Crippen LogP contribution < -0.4 is 11.2 Å². The van der Waals surface area contributed by atoms with Gasteiger partial charge >= 0.3 is 5.69 Å². The van der Waals surface area contributed by atoms with Gasteiger partial charge in [-0.1, -0.05) is 20.8 Å². The maximum atomic E-state index is 12.9. The molecule has 11 nitrogen and oxygen atoms in total. The first-order chi connectivity index (χ1) is 14.2. The number of hydrogen-bond acceptors (Lipinski definition) is 8. The molecule has 0 spiro atoms. The molecule has 2 aromatic rings. The van der Waals surface area contributed by atoms with Gasteiger partial charge in [0.1, 0.15) is 11.6 Å². The quantitative estimate of drug-likeness (QED) is 0.737. The summed E-state index contributed by atoms with van der Waals surface area (Å²) in [6.45, 7) is 13.4. The first-order valence-corrected chi connectivity index (χ1v) is 9.80. The molecule has 31 heavy (non-hydrogen) atoms. The van der Waals surface area contributed by atoms with Gasteiger partial charge in [-0.15, -0.1) is 10.2 Å². The summed E-state index contributed by atoms with van der Waals surface area (Å²) in [6.07, 6.45) is 0. The highest BCUT2D eigenvalue weighted by atomic mass is 16.3. The zero-order valence-electron chi connectivity index (χ0n) is 19.0. The van der Waals surface area contributed by atoms with Gasteiger partial charge in [-0.25, -0.2) is 4.79 Å². The van der Waals surface area contributed by atoms with E-state index in [1.807, 2.05) is 26.8 Å². The Labute approximate surface area is 179 Å². The van der Waals surface area contributed by atoms with Crippen molar-refractivity contribution in [3.63, 3.8) is 0 Å².